The van der Waals surface area contributed by atoms with Gasteiger partial charge in [-0.3, -0.25) is 0 Å². The highest BCUT2D eigenvalue weighted by molar-refractivity contribution is 7.71. The van der Waals surface area contributed by atoms with Gasteiger partial charge in [0.1, 0.15) is 33.5 Å². The molecule has 8 heteroatoms. The van der Waals surface area contributed by atoms with E-state index in [0.29, 0.717) is 4.64 Å². The number of anilines is 1. The van der Waals surface area contributed by atoms with E-state index in [1.807, 2.05) is 51.2 Å². The molecule has 2 saturated heterocycles. The van der Waals surface area contributed by atoms with E-state index in [1.165, 1.54) is 0 Å². The van der Waals surface area contributed by atoms with Crippen molar-refractivity contribution in [1.29, 1.82) is 0 Å². The molecule has 2 N–H and O–H groups in total. The molecule has 0 aliphatic carbocycles. The van der Waals surface area contributed by atoms with Crippen molar-refractivity contribution in [1.82, 2.24) is 15.3 Å². The van der Waals surface area contributed by atoms with Gasteiger partial charge in [0.05, 0.1) is 6.20 Å². The molecular weight excluding hydrogens is 412 g/mol. The second-order valence-electron chi connectivity index (χ2n) is 9.75. The zero-order valence-electron chi connectivity index (χ0n) is 18.1. The third-order valence-electron chi connectivity index (χ3n) is 6.43. The van der Waals surface area contributed by atoms with Crippen molar-refractivity contribution in [2.45, 2.75) is 75.8 Å². The number of aromatic nitrogens is 2. The lowest BCUT2D eigenvalue weighted by Crippen LogP contribution is -2.58. The molecule has 5 rings (SSSR count). The summed E-state index contributed by atoms with van der Waals surface area (Å²) < 4.78 is 12.8. The second kappa shape index (κ2) is 7.22. The van der Waals surface area contributed by atoms with Gasteiger partial charge < -0.3 is 24.7 Å². The van der Waals surface area contributed by atoms with Crippen LogP contribution in [0.3, 0.4) is 0 Å². The number of piperidine rings is 1. The van der Waals surface area contributed by atoms with Crippen molar-refractivity contribution >= 4 is 24.1 Å². The first kappa shape index (κ1) is 20.3. The number of rotatable bonds is 2. The van der Waals surface area contributed by atoms with Crippen molar-refractivity contribution < 1.29 is 14.3 Å². The number of ether oxygens (including phenoxy) is 2. The predicted octanol–water partition coefficient (Wildman–Crippen LogP) is 4.67. The number of nitrogens with one attached hydrogen (secondary N) is 2. The first-order chi connectivity index (χ1) is 14.7. The minimum absolute atomic E-state index is 0.252. The first-order valence-electron chi connectivity index (χ1n) is 10.8. The number of carbonyl (C=O) groups excluding carboxylic acids is 1. The third kappa shape index (κ3) is 3.67. The number of H-pyrrole nitrogens is 1. The van der Waals surface area contributed by atoms with Gasteiger partial charge in [0, 0.05) is 36.7 Å². The topological polar surface area (TPSA) is 79.5 Å². The Morgan fingerprint density at radius 1 is 1.29 bits per heavy atom. The fourth-order valence-electron chi connectivity index (χ4n) is 5.42. The zero-order chi connectivity index (χ0) is 21.8. The van der Waals surface area contributed by atoms with Crippen molar-refractivity contribution in [3.8, 4) is 5.75 Å². The number of para-hydroxylation sites is 1. The number of benzene rings is 1. The Morgan fingerprint density at radius 2 is 2.00 bits per heavy atom. The van der Waals surface area contributed by atoms with E-state index >= 15 is 0 Å². The Hall–Kier alpha value is -2.61. The molecule has 31 heavy (non-hydrogen) atoms. The molecule has 2 aromatic rings. The van der Waals surface area contributed by atoms with E-state index in [2.05, 4.69) is 20.2 Å². The normalized spacial score (nSPS) is 28.9. The van der Waals surface area contributed by atoms with Gasteiger partial charge in [-0.1, -0.05) is 30.4 Å². The summed E-state index contributed by atoms with van der Waals surface area (Å²) in [6.07, 6.45) is 6.93. The number of carbonyl (C=O) groups is 1. The lowest BCUT2D eigenvalue weighted by Gasteiger charge is -2.47. The predicted molar refractivity (Wildman–Crippen MR) is 120 cm³/mol. The lowest BCUT2D eigenvalue weighted by molar-refractivity contribution is 0.00496. The number of alkyl carbamates (subject to hydrolysis) is 1. The van der Waals surface area contributed by atoms with E-state index < -0.39 is 17.3 Å². The Balaban J connectivity index is 1.45. The molecule has 1 aromatic heterocycles. The summed E-state index contributed by atoms with van der Waals surface area (Å²) in [7, 11) is 0. The fourth-order valence-corrected chi connectivity index (χ4v) is 5.53. The number of hydrogen-bond acceptors (Lipinski definition) is 6. The van der Waals surface area contributed by atoms with Gasteiger partial charge in [-0.15, -0.1) is 0 Å². The number of hydrogen-bond donors (Lipinski definition) is 2. The summed E-state index contributed by atoms with van der Waals surface area (Å²) in [6.45, 7) is 5.62. The molecule has 4 heterocycles. The molecule has 3 aliphatic rings. The highest BCUT2D eigenvalue weighted by Crippen LogP contribution is 2.54. The Kier molecular flexibility index (Phi) is 4.73. The van der Waals surface area contributed by atoms with E-state index in [0.717, 1.165) is 42.8 Å². The molecule has 164 valence electrons. The number of fused-ring (bicyclic) bond motifs is 3. The molecule has 2 bridgehead atoms. The standard InChI is InChI=1S/C23H28N4O3S/c1-22(2,3)30-21(28)26-20-16-6-4-5-7-17(16)29-23(20)10-14-8-9-15(11-23)27(14)18-12-25-19(31)13-24-18/h4-7,12-15,20H,8-11H2,1-3H3,(H,25,31)(H,26,28)/t14-,15+,20-,23?/m1/s1. The van der Waals surface area contributed by atoms with E-state index in [4.69, 9.17) is 21.7 Å². The van der Waals surface area contributed by atoms with Crippen molar-refractivity contribution in [2.24, 2.45) is 0 Å². The smallest absolute Gasteiger partial charge is 0.408 e. The van der Waals surface area contributed by atoms with Crippen LogP contribution >= 0.6 is 12.2 Å². The SMILES string of the molecule is CC(C)(C)OC(=O)N[C@@H]1c2ccccc2OC12C[C@H]1CC[C@@H](C2)N1c1c[nH]c(=S)cn1. The van der Waals surface area contributed by atoms with E-state index in [9.17, 15) is 4.79 Å². The molecule has 0 radical (unpaired) electrons. The first-order valence-corrected chi connectivity index (χ1v) is 11.3. The van der Waals surface area contributed by atoms with Crippen LogP contribution < -0.4 is 15.0 Å². The van der Waals surface area contributed by atoms with Crippen LogP contribution in [0.25, 0.3) is 0 Å². The second-order valence-corrected chi connectivity index (χ2v) is 10.2. The Morgan fingerprint density at radius 3 is 2.65 bits per heavy atom. The van der Waals surface area contributed by atoms with Gasteiger partial charge in [-0.2, -0.15) is 0 Å². The van der Waals surface area contributed by atoms with Crippen molar-refractivity contribution in [3.05, 3.63) is 46.9 Å². The van der Waals surface area contributed by atoms with Crippen LogP contribution in [-0.2, 0) is 4.74 Å². The third-order valence-corrected chi connectivity index (χ3v) is 6.66. The summed E-state index contributed by atoms with van der Waals surface area (Å²) in [5.74, 6) is 1.77. The number of nitrogens with zero attached hydrogens (tertiary/aromatic N) is 2. The Bertz CT molecular complexity index is 1030. The van der Waals surface area contributed by atoms with Crippen LogP contribution in [0.5, 0.6) is 5.75 Å². The van der Waals surface area contributed by atoms with Crippen LogP contribution in [0.2, 0.25) is 0 Å². The Labute approximate surface area is 187 Å². The van der Waals surface area contributed by atoms with Crippen LogP contribution in [0.1, 0.15) is 58.1 Å². The number of aromatic amines is 1. The fraction of sp³-hybridized carbons (Fsp3) is 0.522. The average molecular weight is 441 g/mol. The zero-order valence-corrected chi connectivity index (χ0v) is 18.9. The summed E-state index contributed by atoms with van der Waals surface area (Å²) >= 11 is 5.15. The highest BCUT2D eigenvalue weighted by atomic mass is 32.1. The quantitative estimate of drug-likeness (QED) is 0.661. The van der Waals surface area contributed by atoms with E-state index in [-0.39, 0.29) is 18.1 Å². The lowest BCUT2D eigenvalue weighted by atomic mass is 9.79. The summed E-state index contributed by atoms with van der Waals surface area (Å²) in [5.41, 5.74) is -0.0365. The minimum atomic E-state index is -0.558. The summed E-state index contributed by atoms with van der Waals surface area (Å²) in [4.78, 5) is 22.8. The van der Waals surface area contributed by atoms with Gasteiger partial charge >= 0.3 is 6.09 Å². The summed E-state index contributed by atoms with van der Waals surface area (Å²) in [6, 6.07) is 8.31. The van der Waals surface area contributed by atoms with Gasteiger partial charge in [0.2, 0.25) is 0 Å². The van der Waals surface area contributed by atoms with Crippen LogP contribution in [-0.4, -0.2) is 39.3 Å². The maximum Gasteiger partial charge on any atom is 0.408 e. The van der Waals surface area contributed by atoms with Gasteiger partial charge in [-0.25, -0.2) is 9.78 Å². The molecule has 3 aliphatic heterocycles. The number of amides is 1. The monoisotopic (exact) mass is 440 g/mol. The van der Waals surface area contributed by atoms with Crippen LogP contribution in [0.15, 0.2) is 36.7 Å². The molecule has 2 fully saturated rings. The molecule has 4 atom stereocenters. The molecule has 0 saturated carbocycles. The molecule has 1 unspecified atom stereocenters. The van der Waals surface area contributed by atoms with Gasteiger partial charge in [0.15, 0.2) is 0 Å². The molecule has 1 spiro atoms. The van der Waals surface area contributed by atoms with Gasteiger partial charge in [-0.05, 0) is 39.7 Å². The minimum Gasteiger partial charge on any atom is -0.484 e. The molecule has 1 amide bonds. The van der Waals surface area contributed by atoms with Crippen LogP contribution in [0, 0.1) is 4.64 Å². The highest BCUT2D eigenvalue weighted by Gasteiger charge is 2.58. The molecule has 1 aromatic carbocycles. The van der Waals surface area contributed by atoms with Crippen molar-refractivity contribution in [2.75, 3.05) is 4.90 Å². The van der Waals surface area contributed by atoms with Gasteiger partial charge in [0.25, 0.3) is 0 Å². The maximum atomic E-state index is 12.7. The van der Waals surface area contributed by atoms with Crippen molar-refractivity contribution in [3.63, 3.8) is 0 Å². The maximum absolute atomic E-state index is 12.7. The average Bonchev–Trinajstić information content (AvgIpc) is 3.13. The summed E-state index contributed by atoms with van der Waals surface area (Å²) in [5, 5.41) is 3.14. The van der Waals surface area contributed by atoms with E-state index in [1.54, 1.807) is 6.20 Å². The molecular formula is C23H28N4O3S. The molecule has 7 nitrogen and oxygen atoms in total. The largest absolute Gasteiger partial charge is 0.484 e. The van der Waals surface area contributed by atoms with Crippen LogP contribution in [0.4, 0.5) is 10.6 Å².